The summed E-state index contributed by atoms with van der Waals surface area (Å²) >= 11 is 0. The van der Waals surface area contributed by atoms with Gasteiger partial charge in [0.1, 0.15) is 17.2 Å². The van der Waals surface area contributed by atoms with Crippen molar-refractivity contribution in [2.24, 2.45) is 0 Å². The third kappa shape index (κ3) is 5.77. The Bertz CT molecular complexity index is 839. The van der Waals surface area contributed by atoms with Crippen LogP contribution in [0.4, 0.5) is 5.69 Å². The van der Waals surface area contributed by atoms with Crippen LogP contribution in [0.2, 0.25) is 0 Å². The molecule has 0 heterocycles. The molecular weight excluding hydrogens is 362 g/mol. The van der Waals surface area contributed by atoms with Gasteiger partial charge in [-0.3, -0.25) is 4.79 Å². The van der Waals surface area contributed by atoms with Crippen molar-refractivity contribution in [3.8, 4) is 17.2 Å². The lowest BCUT2D eigenvalue weighted by Crippen LogP contribution is -2.29. The third-order valence-corrected chi connectivity index (χ3v) is 3.81. The monoisotopic (exact) mass is 385 g/mol. The van der Waals surface area contributed by atoms with Crippen LogP contribution in [0.5, 0.6) is 17.2 Å². The summed E-state index contributed by atoms with van der Waals surface area (Å²) in [5.41, 5.74) is 1.19. The molecule has 2 aromatic rings. The highest BCUT2D eigenvalue weighted by Crippen LogP contribution is 2.24. The zero-order valence-corrected chi connectivity index (χ0v) is 16.2. The van der Waals surface area contributed by atoms with Crippen LogP contribution in [-0.4, -0.2) is 39.3 Å². The molecule has 0 aliphatic heterocycles. The Morgan fingerprint density at radius 2 is 1.61 bits per heavy atom. The molecule has 0 saturated heterocycles. The van der Waals surface area contributed by atoms with Crippen LogP contribution in [0.3, 0.4) is 0 Å². The molecule has 148 valence electrons. The minimum atomic E-state index is -0.984. The van der Waals surface area contributed by atoms with E-state index in [0.29, 0.717) is 28.5 Å². The van der Waals surface area contributed by atoms with Crippen LogP contribution in [-0.2, 0) is 14.3 Å². The van der Waals surface area contributed by atoms with Gasteiger partial charge < -0.3 is 24.3 Å². The van der Waals surface area contributed by atoms with E-state index in [-0.39, 0.29) is 0 Å². The highest BCUT2D eigenvalue weighted by Gasteiger charge is 2.18. The summed E-state index contributed by atoms with van der Waals surface area (Å²) in [6.07, 6.45) is 1.81. The first-order chi connectivity index (χ1) is 13.5. The van der Waals surface area contributed by atoms with E-state index in [1.165, 1.54) is 20.1 Å². The zero-order chi connectivity index (χ0) is 20.5. The van der Waals surface area contributed by atoms with Crippen LogP contribution in [0.25, 0.3) is 6.08 Å². The fraction of sp³-hybridized carbons (Fsp3) is 0.238. The van der Waals surface area contributed by atoms with Crippen molar-refractivity contribution < 1.29 is 28.5 Å². The molecule has 1 atom stereocenters. The number of esters is 1. The molecule has 2 rings (SSSR count). The van der Waals surface area contributed by atoms with Crippen molar-refractivity contribution >= 4 is 23.6 Å². The molecule has 0 aliphatic carbocycles. The second-order valence-electron chi connectivity index (χ2n) is 5.75. The normalized spacial score (nSPS) is 11.6. The largest absolute Gasteiger partial charge is 0.497 e. The molecule has 7 nitrogen and oxygen atoms in total. The van der Waals surface area contributed by atoms with Crippen molar-refractivity contribution in [2.75, 3.05) is 26.6 Å². The number of hydrogen-bond acceptors (Lipinski definition) is 6. The first kappa shape index (κ1) is 20.8. The van der Waals surface area contributed by atoms with Crippen molar-refractivity contribution in [1.29, 1.82) is 0 Å². The predicted molar refractivity (Wildman–Crippen MR) is 106 cm³/mol. The van der Waals surface area contributed by atoms with E-state index < -0.39 is 18.0 Å². The summed E-state index contributed by atoms with van der Waals surface area (Å²) in [5, 5.41) is 2.67. The molecule has 1 N–H and O–H groups in total. The number of anilines is 1. The molecule has 7 heteroatoms. The van der Waals surface area contributed by atoms with Crippen LogP contribution in [0.1, 0.15) is 12.5 Å². The van der Waals surface area contributed by atoms with E-state index in [9.17, 15) is 9.59 Å². The number of nitrogens with one attached hydrogen (secondary N) is 1. The van der Waals surface area contributed by atoms with Gasteiger partial charge in [0.25, 0.3) is 5.91 Å². The maximum absolute atomic E-state index is 12.3. The molecule has 0 radical (unpaired) electrons. The van der Waals surface area contributed by atoms with Crippen LogP contribution in [0, 0.1) is 0 Å². The van der Waals surface area contributed by atoms with E-state index in [1.807, 2.05) is 0 Å². The number of ether oxygens (including phenoxy) is 4. The van der Waals surface area contributed by atoms with Gasteiger partial charge in [-0.25, -0.2) is 4.79 Å². The minimum Gasteiger partial charge on any atom is -0.497 e. The lowest BCUT2D eigenvalue weighted by Gasteiger charge is -2.14. The summed E-state index contributed by atoms with van der Waals surface area (Å²) in [7, 11) is 4.59. The first-order valence-corrected chi connectivity index (χ1v) is 8.52. The number of benzene rings is 2. The topological polar surface area (TPSA) is 83.1 Å². The SMILES string of the molecule is COc1cc(/C=C/C(=O)O[C@@H](C)C(=O)Nc2ccccc2OC)cc(OC)c1. The molecule has 0 fully saturated rings. The van der Waals surface area contributed by atoms with Gasteiger partial charge >= 0.3 is 5.97 Å². The predicted octanol–water partition coefficient (Wildman–Crippen LogP) is 3.30. The van der Waals surface area contributed by atoms with Crippen molar-refractivity contribution in [3.63, 3.8) is 0 Å². The smallest absolute Gasteiger partial charge is 0.331 e. The Hall–Kier alpha value is -3.48. The number of hydrogen-bond donors (Lipinski definition) is 1. The standard InChI is InChI=1S/C21H23NO6/c1-14(21(24)22-18-7-5-6-8-19(18)27-4)28-20(23)10-9-15-11-16(25-2)13-17(12-15)26-3/h5-14H,1-4H3,(H,22,24)/b10-9+/t14-/m0/s1. The fourth-order valence-corrected chi connectivity index (χ4v) is 2.34. The van der Waals surface area contributed by atoms with Crippen LogP contribution >= 0.6 is 0 Å². The highest BCUT2D eigenvalue weighted by molar-refractivity contribution is 5.97. The number of carbonyl (C=O) groups excluding carboxylic acids is 2. The highest BCUT2D eigenvalue weighted by atomic mass is 16.5. The summed E-state index contributed by atoms with van der Waals surface area (Å²) < 4.78 is 20.7. The Kier molecular flexibility index (Phi) is 7.45. The summed E-state index contributed by atoms with van der Waals surface area (Å²) in [4.78, 5) is 24.3. The second kappa shape index (κ2) is 10.0. The molecule has 0 aliphatic rings. The fourth-order valence-electron chi connectivity index (χ4n) is 2.34. The second-order valence-corrected chi connectivity index (χ2v) is 5.75. The van der Waals surface area contributed by atoms with Crippen molar-refractivity contribution in [3.05, 3.63) is 54.1 Å². The molecule has 0 spiro atoms. The van der Waals surface area contributed by atoms with Gasteiger partial charge in [-0.05, 0) is 42.8 Å². The Labute approximate surface area is 163 Å². The van der Waals surface area contributed by atoms with Gasteiger partial charge in [-0.2, -0.15) is 0 Å². The van der Waals surface area contributed by atoms with Gasteiger partial charge in [-0.15, -0.1) is 0 Å². The van der Waals surface area contributed by atoms with Gasteiger partial charge in [-0.1, -0.05) is 12.1 Å². The summed E-state index contributed by atoms with van der Waals surface area (Å²) in [6, 6.07) is 12.2. The molecule has 0 unspecified atom stereocenters. The summed E-state index contributed by atoms with van der Waals surface area (Å²) in [6.45, 7) is 1.49. The number of amides is 1. The maximum Gasteiger partial charge on any atom is 0.331 e. The van der Waals surface area contributed by atoms with Gasteiger partial charge in [0.15, 0.2) is 6.10 Å². The molecule has 0 bridgehead atoms. The van der Waals surface area contributed by atoms with Gasteiger partial charge in [0, 0.05) is 12.1 Å². The number of para-hydroxylation sites is 2. The maximum atomic E-state index is 12.3. The lowest BCUT2D eigenvalue weighted by atomic mass is 10.2. The molecule has 2 aromatic carbocycles. The molecule has 0 aromatic heterocycles. The average molecular weight is 385 g/mol. The van der Waals surface area contributed by atoms with E-state index in [2.05, 4.69) is 5.32 Å². The average Bonchev–Trinajstić information content (AvgIpc) is 2.72. The lowest BCUT2D eigenvalue weighted by molar-refractivity contribution is -0.148. The zero-order valence-electron chi connectivity index (χ0n) is 16.2. The van der Waals surface area contributed by atoms with Gasteiger partial charge in [0.05, 0.1) is 27.0 Å². The van der Waals surface area contributed by atoms with E-state index in [4.69, 9.17) is 18.9 Å². The summed E-state index contributed by atoms with van der Waals surface area (Å²) in [5.74, 6) is 0.592. The van der Waals surface area contributed by atoms with E-state index in [0.717, 1.165) is 0 Å². The Balaban J connectivity index is 1.98. The van der Waals surface area contributed by atoms with E-state index >= 15 is 0 Å². The van der Waals surface area contributed by atoms with Gasteiger partial charge in [0.2, 0.25) is 0 Å². The van der Waals surface area contributed by atoms with Crippen molar-refractivity contribution in [1.82, 2.24) is 0 Å². The van der Waals surface area contributed by atoms with Crippen molar-refractivity contribution in [2.45, 2.75) is 13.0 Å². The number of rotatable bonds is 8. The molecule has 1 amide bonds. The molecule has 0 saturated carbocycles. The molecule has 28 heavy (non-hydrogen) atoms. The quantitative estimate of drug-likeness (QED) is 0.555. The first-order valence-electron chi connectivity index (χ1n) is 8.52. The molecular formula is C21H23NO6. The minimum absolute atomic E-state index is 0.464. The van der Waals surface area contributed by atoms with Crippen LogP contribution < -0.4 is 19.5 Å². The van der Waals surface area contributed by atoms with E-state index in [1.54, 1.807) is 62.8 Å². The Morgan fingerprint density at radius 3 is 2.21 bits per heavy atom. The number of methoxy groups -OCH3 is 3. The third-order valence-electron chi connectivity index (χ3n) is 3.81. The Morgan fingerprint density at radius 1 is 0.964 bits per heavy atom. The number of carbonyl (C=O) groups is 2. The van der Waals surface area contributed by atoms with Crippen LogP contribution in [0.15, 0.2) is 48.5 Å².